The lowest BCUT2D eigenvalue weighted by atomic mass is 9.91. The highest BCUT2D eigenvalue weighted by Crippen LogP contribution is 2.53. The third kappa shape index (κ3) is 4.38. The molecule has 0 unspecified atom stereocenters. The minimum atomic E-state index is 0.675. The fourth-order valence-corrected chi connectivity index (χ4v) is 6.74. The number of fused-ring (bicyclic) bond motifs is 6. The maximum Gasteiger partial charge on any atom is 0.162 e. The topological polar surface area (TPSA) is 42.2 Å². The Morgan fingerprint density at radius 2 is 1.28 bits per heavy atom. The third-order valence-electron chi connectivity index (χ3n) is 8.93. The first-order chi connectivity index (χ1) is 22.8. The van der Waals surface area contributed by atoms with Gasteiger partial charge in [0.25, 0.3) is 0 Å². The van der Waals surface area contributed by atoms with Crippen molar-refractivity contribution >= 4 is 39.3 Å². The Morgan fingerprint density at radius 1 is 0.609 bits per heavy atom. The molecule has 7 aromatic rings. The van der Waals surface area contributed by atoms with E-state index in [4.69, 9.17) is 14.4 Å². The molecule has 0 amide bonds. The Morgan fingerprint density at radius 3 is 2.11 bits per heavy atom. The van der Waals surface area contributed by atoms with Crippen LogP contribution in [0.1, 0.15) is 24.2 Å². The smallest absolute Gasteiger partial charge is 0.162 e. The second-order valence-corrected chi connectivity index (χ2v) is 11.7. The first-order valence-electron chi connectivity index (χ1n) is 15.7. The molecule has 1 aliphatic heterocycles. The molecule has 1 aliphatic carbocycles. The van der Waals surface area contributed by atoms with Crippen LogP contribution in [-0.4, -0.2) is 9.97 Å². The summed E-state index contributed by atoms with van der Waals surface area (Å²) in [4.78, 5) is 12.7. The lowest BCUT2D eigenvalue weighted by molar-refractivity contribution is 0.597. The summed E-state index contributed by atoms with van der Waals surface area (Å²) in [5.41, 5.74) is 11.8. The number of furan rings is 1. The molecule has 0 radical (unpaired) electrons. The summed E-state index contributed by atoms with van der Waals surface area (Å²) in [6, 6.07) is 48.4. The van der Waals surface area contributed by atoms with Crippen LogP contribution in [0.5, 0.6) is 0 Å². The number of benzene rings is 5. The van der Waals surface area contributed by atoms with Gasteiger partial charge in [-0.2, -0.15) is 0 Å². The zero-order valence-electron chi connectivity index (χ0n) is 25.1. The number of hydrogen-bond acceptors (Lipinski definition) is 4. The summed E-state index contributed by atoms with van der Waals surface area (Å²) in [6.45, 7) is 0. The van der Waals surface area contributed by atoms with Crippen molar-refractivity contribution in [2.45, 2.75) is 12.8 Å². The number of rotatable bonds is 4. The van der Waals surface area contributed by atoms with Gasteiger partial charge in [-0.1, -0.05) is 127 Å². The molecule has 2 aliphatic rings. The van der Waals surface area contributed by atoms with E-state index in [0.717, 1.165) is 69.1 Å². The molecule has 0 saturated heterocycles. The largest absolute Gasteiger partial charge is 0.454 e. The van der Waals surface area contributed by atoms with E-state index in [1.807, 2.05) is 30.3 Å². The molecule has 0 spiro atoms. The van der Waals surface area contributed by atoms with Crippen molar-refractivity contribution in [1.82, 2.24) is 9.97 Å². The Bertz CT molecular complexity index is 2300. The molecular weight excluding hydrogens is 562 g/mol. The number of aromatic nitrogens is 2. The predicted octanol–water partition coefficient (Wildman–Crippen LogP) is 11.3. The highest BCUT2D eigenvalue weighted by molar-refractivity contribution is 6.11. The van der Waals surface area contributed by atoms with Crippen LogP contribution in [0.25, 0.3) is 55.9 Å². The van der Waals surface area contributed by atoms with Gasteiger partial charge in [0.15, 0.2) is 11.6 Å². The van der Waals surface area contributed by atoms with E-state index in [2.05, 4.69) is 126 Å². The van der Waals surface area contributed by atoms with Crippen molar-refractivity contribution in [1.29, 1.82) is 0 Å². The Labute approximate surface area is 267 Å². The lowest BCUT2D eigenvalue weighted by Crippen LogP contribution is -2.14. The number of nitrogens with zero attached hydrogens (tertiary/aromatic N) is 3. The van der Waals surface area contributed by atoms with Crippen LogP contribution in [0.15, 0.2) is 156 Å². The number of para-hydroxylation sites is 2. The molecule has 0 fully saturated rings. The lowest BCUT2D eigenvalue weighted by Gasteiger charge is -2.26. The van der Waals surface area contributed by atoms with Gasteiger partial charge in [-0.05, 0) is 47.7 Å². The molecule has 0 atom stereocenters. The third-order valence-corrected chi connectivity index (χ3v) is 8.93. The summed E-state index contributed by atoms with van der Waals surface area (Å²) in [6.07, 6.45) is 6.42. The molecule has 0 saturated carbocycles. The van der Waals surface area contributed by atoms with Gasteiger partial charge in [-0.3, -0.25) is 4.90 Å². The highest BCUT2D eigenvalue weighted by Gasteiger charge is 2.33. The number of anilines is 3. The molecule has 46 heavy (non-hydrogen) atoms. The number of allylic oxidation sites excluding steroid dienone is 4. The quantitative estimate of drug-likeness (QED) is 0.204. The van der Waals surface area contributed by atoms with Crippen LogP contribution in [0.3, 0.4) is 0 Å². The summed E-state index contributed by atoms with van der Waals surface area (Å²) in [5.74, 6) is 2.37. The van der Waals surface area contributed by atoms with Gasteiger partial charge < -0.3 is 4.42 Å². The monoisotopic (exact) mass is 591 g/mol. The van der Waals surface area contributed by atoms with E-state index < -0.39 is 0 Å². The van der Waals surface area contributed by atoms with Crippen molar-refractivity contribution < 1.29 is 4.42 Å². The van der Waals surface area contributed by atoms with Gasteiger partial charge in [0.2, 0.25) is 0 Å². The average molecular weight is 592 g/mol. The Balaban J connectivity index is 1.30. The van der Waals surface area contributed by atoms with Gasteiger partial charge in [0.1, 0.15) is 17.1 Å². The van der Waals surface area contributed by atoms with Crippen LogP contribution in [0.4, 0.5) is 17.2 Å². The van der Waals surface area contributed by atoms with E-state index >= 15 is 0 Å². The second-order valence-electron chi connectivity index (χ2n) is 11.7. The minimum Gasteiger partial charge on any atom is -0.454 e. The second kappa shape index (κ2) is 10.9. The zero-order valence-corrected chi connectivity index (χ0v) is 25.1. The molecule has 3 heterocycles. The van der Waals surface area contributed by atoms with E-state index in [9.17, 15) is 0 Å². The van der Waals surface area contributed by atoms with E-state index in [0.29, 0.717) is 5.82 Å². The van der Waals surface area contributed by atoms with Crippen LogP contribution >= 0.6 is 0 Å². The maximum atomic E-state index is 6.73. The van der Waals surface area contributed by atoms with Crippen molar-refractivity contribution in [3.05, 3.63) is 163 Å². The van der Waals surface area contributed by atoms with Crippen LogP contribution < -0.4 is 4.90 Å². The van der Waals surface area contributed by atoms with Gasteiger partial charge in [0, 0.05) is 33.7 Å². The molecular formula is C42H29N3O. The van der Waals surface area contributed by atoms with Gasteiger partial charge in [-0.15, -0.1) is 0 Å². The van der Waals surface area contributed by atoms with Crippen molar-refractivity contribution in [3.8, 4) is 33.8 Å². The molecule has 0 N–H and O–H groups in total. The molecule has 9 rings (SSSR count). The summed E-state index contributed by atoms with van der Waals surface area (Å²) in [7, 11) is 0. The molecule has 2 aromatic heterocycles. The van der Waals surface area contributed by atoms with Crippen molar-refractivity contribution in [2.24, 2.45) is 0 Å². The Hall–Kier alpha value is -6.00. The van der Waals surface area contributed by atoms with Gasteiger partial charge in [-0.25, -0.2) is 9.97 Å². The summed E-state index contributed by atoms with van der Waals surface area (Å²) >= 11 is 0. The summed E-state index contributed by atoms with van der Waals surface area (Å²) < 4.78 is 6.73. The summed E-state index contributed by atoms with van der Waals surface area (Å²) in [5, 5.41) is 1.06. The van der Waals surface area contributed by atoms with Gasteiger partial charge in [0.05, 0.1) is 11.4 Å². The zero-order chi connectivity index (χ0) is 30.5. The SMILES string of the molecule is C1=CC2=C(CC1)c1oc3ccccc3c1N(c1cc(-c3ccc(-c4ccccc4)cc3)nc(-c3ccccc3)n1)c1ccccc12. The molecule has 218 valence electrons. The molecule has 4 nitrogen and oxygen atoms in total. The van der Waals surface area contributed by atoms with E-state index in [1.165, 1.54) is 22.3 Å². The van der Waals surface area contributed by atoms with Gasteiger partial charge >= 0.3 is 0 Å². The molecule has 0 bridgehead atoms. The van der Waals surface area contributed by atoms with E-state index in [-0.39, 0.29) is 0 Å². The van der Waals surface area contributed by atoms with Crippen LogP contribution in [0, 0.1) is 0 Å². The fraction of sp³-hybridized carbons (Fsp3) is 0.0476. The highest BCUT2D eigenvalue weighted by atomic mass is 16.3. The minimum absolute atomic E-state index is 0.675. The van der Waals surface area contributed by atoms with Crippen molar-refractivity contribution in [2.75, 3.05) is 4.90 Å². The standard InChI is InChI=1S/C42H29N3O/c1-3-13-28(14-4-1)29-23-25-30(26-24-29)36-27-39(44-42(43-36)31-15-5-2-6-16-31)45-37-21-11-9-18-33(37)32-17-7-8-19-34(32)41-40(45)35-20-10-12-22-38(35)46-41/h1-7,9-18,20-27H,8,19H2. The van der Waals surface area contributed by atoms with Crippen LogP contribution in [0.2, 0.25) is 0 Å². The fourth-order valence-electron chi connectivity index (χ4n) is 6.74. The van der Waals surface area contributed by atoms with Crippen molar-refractivity contribution in [3.63, 3.8) is 0 Å². The maximum absolute atomic E-state index is 6.73. The average Bonchev–Trinajstić information content (AvgIpc) is 3.46. The molecule has 5 aromatic carbocycles. The van der Waals surface area contributed by atoms with Crippen LogP contribution in [-0.2, 0) is 0 Å². The molecule has 4 heteroatoms. The first-order valence-corrected chi connectivity index (χ1v) is 15.7. The Kier molecular flexibility index (Phi) is 6.24. The first kappa shape index (κ1) is 26.4. The van der Waals surface area contributed by atoms with E-state index in [1.54, 1.807) is 0 Å². The normalized spacial score (nSPS) is 13.7. The number of hydrogen-bond donors (Lipinski definition) is 0. The predicted molar refractivity (Wildman–Crippen MR) is 188 cm³/mol.